The molecule has 0 aliphatic rings. The number of aromatic carboxylic acids is 1. The van der Waals surface area contributed by atoms with Gasteiger partial charge in [0, 0.05) is 12.2 Å². The number of carbonyl (C=O) groups is 1. The van der Waals surface area contributed by atoms with Gasteiger partial charge in [-0.1, -0.05) is 6.08 Å². The number of rotatable bonds is 4. The van der Waals surface area contributed by atoms with Crippen molar-refractivity contribution in [3.63, 3.8) is 0 Å². The van der Waals surface area contributed by atoms with Crippen molar-refractivity contribution in [2.75, 3.05) is 0 Å². The smallest absolute Gasteiger partial charge is 0.357 e. The van der Waals surface area contributed by atoms with Crippen molar-refractivity contribution in [1.82, 2.24) is 4.98 Å². The van der Waals surface area contributed by atoms with E-state index in [1.807, 2.05) is 0 Å². The molecule has 0 unspecified atom stereocenters. The zero-order valence-corrected chi connectivity index (χ0v) is 7.98. The van der Waals surface area contributed by atoms with Gasteiger partial charge in [0.1, 0.15) is 0 Å². The van der Waals surface area contributed by atoms with Crippen molar-refractivity contribution >= 4 is 5.97 Å². The number of hydrogen-bond donors (Lipinski definition) is 2. The van der Waals surface area contributed by atoms with Crippen molar-refractivity contribution in [2.45, 2.75) is 12.5 Å². The summed E-state index contributed by atoms with van der Waals surface area (Å²) in [6, 6.07) is 0.678. The first-order valence-electron chi connectivity index (χ1n) is 4.31. The molecule has 1 heterocycles. The molecular weight excluding hydrogens is 199 g/mol. The van der Waals surface area contributed by atoms with Gasteiger partial charge in [-0.15, -0.1) is 6.58 Å². The van der Waals surface area contributed by atoms with Gasteiger partial charge in [-0.05, 0) is 18.1 Å². The normalized spacial score (nSPS) is 12.1. The summed E-state index contributed by atoms with van der Waals surface area (Å²) in [4.78, 5) is 14.0. The number of nitrogens with two attached hydrogens (primary N) is 1. The highest BCUT2D eigenvalue weighted by atomic mass is 19.1. The first-order valence-corrected chi connectivity index (χ1v) is 4.31. The van der Waals surface area contributed by atoms with Crippen molar-refractivity contribution in [3.8, 4) is 0 Å². The number of carboxylic acids is 1. The highest BCUT2D eigenvalue weighted by Crippen LogP contribution is 2.15. The number of hydrogen-bond acceptors (Lipinski definition) is 3. The van der Waals surface area contributed by atoms with E-state index >= 15 is 0 Å². The Morgan fingerprint density at radius 3 is 2.93 bits per heavy atom. The molecule has 5 heteroatoms. The van der Waals surface area contributed by atoms with E-state index in [1.54, 1.807) is 6.08 Å². The Balaban J connectivity index is 3.00. The van der Waals surface area contributed by atoms with Gasteiger partial charge in [-0.25, -0.2) is 14.2 Å². The van der Waals surface area contributed by atoms with Crippen molar-refractivity contribution < 1.29 is 14.3 Å². The van der Waals surface area contributed by atoms with Crippen LogP contribution in [0.3, 0.4) is 0 Å². The SMILES string of the molecule is C=CC[C@H](N)c1cnc(C(=O)O)c(F)c1. The lowest BCUT2D eigenvalue weighted by Gasteiger charge is -2.09. The van der Waals surface area contributed by atoms with Crippen LogP contribution in [0.2, 0.25) is 0 Å². The van der Waals surface area contributed by atoms with Crippen LogP contribution in [0.15, 0.2) is 24.9 Å². The van der Waals surface area contributed by atoms with E-state index in [-0.39, 0.29) is 0 Å². The minimum absolute atomic E-state index is 0.410. The van der Waals surface area contributed by atoms with Gasteiger partial charge >= 0.3 is 5.97 Å². The van der Waals surface area contributed by atoms with Crippen LogP contribution in [0.5, 0.6) is 0 Å². The lowest BCUT2D eigenvalue weighted by molar-refractivity contribution is 0.0685. The van der Waals surface area contributed by atoms with Gasteiger partial charge in [-0.3, -0.25) is 0 Å². The highest BCUT2D eigenvalue weighted by Gasteiger charge is 2.14. The molecule has 1 atom stereocenters. The summed E-state index contributed by atoms with van der Waals surface area (Å²) >= 11 is 0. The molecule has 0 bridgehead atoms. The summed E-state index contributed by atoms with van der Waals surface area (Å²) < 4.78 is 13.2. The molecule has 0 saturated heterocycles. The fourth-order valence-electron chi connectivity index (χ4n) is 1.13. The second-order valence-electron chi connectivity index (χ2n) is 3.04. The molecule has 0 spiro atoms. The van der Waals surface area contributed by atoms with E-state index in [9.17, 15) is 9.18 Å². The third-order valence-electron chi connectivity index (χ3n) is 1.91. The predicted octanol–water partition coefficient (Wildman–Crippen LogP) is 1.49. The summed E-state index contributed by atoms with van der Waals surface area (Å²) in [6.45, 7) is 3.51. The summed E-state index contributed by atoms with van der Waals surface area (Å²) in [5.41, 5.74) is 5.54. The molecule has 3 N–H and O–H groups in total. The fraction of sp³-hybridized carbons (Fsp3) is 0.200. The zero-order chi connectivity index (χ0) is 11.4. The molecule has 0 amide bonds. The fourth-order valence-corrected chi connectivity index (χ4v) is 1.13. The number of halogens is 1. The molecule has 0 aliphatic carbocycles. The molecule has 0 aliphatic heterocycles. The topological polar surface area (TPSA) is 76.2 Å². The molecule has 4 nitrogen and oxygen atoms in total. The van der Waals surface area contributed by atoms with Crippen LogP contribution >= 0.6 is 0 Å². The van der Waals surface area contributed by atoms with Crippen LogP contribution in [0, 0.1) is 5.82 Å². The molecule has 0 fully saturated rings. The lowest BCUT2D eigenvalue weighted by Crippen LogP contribution is -2.12. The largest absolute Gasteiger partial charge is 0.476 e. The van der Waals surface area contributed by atoms with E-state index in [0.717, 1.165) is 6.07 Å². The van der Waals surface area contributed by atoms with Crippen LogP contribution in [0.4, 0.5) is 4.39 Å². The maximum atomic E-state index is 13.2. The van der Waals surface area contributed by atoms with E-state index in [4.69, 9.17) is 10.8 Å². The predicted molar refractivity (Wildman–Crippen MR) is 52.9 cm³/mol. The third-order valence-corrected chi connectivity index (χ3v) is 1.91. The second kappa shape index (κ2) is 4.65. The van der Waals surface area contributed by atoms with Crippen LogP contribution in [-0.2, 0) is 0 Å². The number of nitrogens with zero attached hydrogens (tertiary/aromatic N) is 1. The monoisotopic (exact) mass is 210 g/mol. The first-order chi connectivity index (χ1) is 7.06. The summed E-state index contributed by atoms with van der Waals surface area (Å²) in [6.07, 6.45) is 3.35. The van der Waals surface area contributed by atoms with E-state index in [2.05, 4.69) is 11.6 Å². The van der Waals surface area contributed by atoms with Gasteiger partial charge in [-0.2, -0.15) is 0 Å². The molecule has 1 aromatic rings. The molecule has 1 rings (SSSR count). The van der Waals surface area contributed by atoms with E-state index in [1.165, 1.54) is 6.20 Å². The van der Waals surface area contributed by atoms with Crippen LogP contribution in [0.1, 0.15) is 28.5 Å². The summed E-state index contributed by atoms with van der Waals surface area (Å²) in [7, 11) is 0. The third kappa shape index (κ3) is 2.60. The maximum Gasteiger partial charge on any atom is 0.357 e. The Hall–Kier alpha value is -1.75. The second-order valence-corrected chi connectivity index (χ2v) is 3.04. The van der Waals surface area contributed by atoms with Gasteiger partial charge in [0.15, 0.2) is 11.5 Å². The lowest BCUT2D eigenvalue weighted by atomic mass is 10.1. The molecule has 0 saturated carbocycles. The number of aromatic nitrogens is 1. The average molecular weight is 210 g/mol. The first kappa shape index (κ1) is 11.3. The van der Waals surface area contributed by atoms with E-state index < -0.39 is 23.5 Å². The Morgan fingerprint density at radius 2 is 2.47 bits per heavy atom. The Morgan fingerprint density at radius 1 is 1.80 bits per heavy atom. The maximum absolute atomic E-state index is 13.2. The molecule has 15 heavy (non-hydrogen) atoms. The number of pyridine rings is 1. The van der Waals surface area contributed by atoms with Gasteiger partial charge < -0.3 is 10.8 Å². The van der Waals surface area contributed by atoms with Crippen molar-refractivity contribution in [1.29, 1.82) is 0 Å². The molecule has 80 valence electrons. The molecule has 0 aromatic carbocycles. The highest BCUT2D eigenvalue weighted by molar-refractivity contribution is 5.85. The minimum atomic E-state index is -1.39. The zero-order valence-electron chi connectivity index (χ0n) is 7.98. The minimum Gasteiger partial charge on any atom is -0.476 e. The quantitative estimate of drug-likeness (QED) is 0.738. The molecular formula is C10H11FN2O2. The standard InChI is InChI=1S/C10H11FN2O2/c1-2-3-8(12)6-4-7(11)9(10(14)15)13-5-6/h2,4-5,8H,1,3,12H2,(H,14,15)/t8-/m0/s1. The van der Waals surface area contributed by atoms with Crippen LogP contribution in [-0.4, -0.2) is 16.1 Å². The van der Waals surface area contributed by atoms with E-state index in [0.29, 0.717) is 12.0 Å². The van der Waals surface area contributed by atoms with Gasteiger partial charge in [0.05, 0.1) is 0 Å². The Bertz CT molecular complexity index is 393. The Labute approximate surface area is 86.2 Å². The van der Waals surface area contributed by atoms with Gasteiger partial charge in [0.25, 0.3) is 0 Å². The number of carboxylic acid groups (broad SMARTS) is 1. The van der Waals surface area contributed by atoms with Crippen molar-refractivity contribution in [2.24, 2.45) is 5.73 Å². The average Bonchev–Trinajstić information content (AvgIpc) is 2.17. The van der Waals surface area contributed by atoms with Crippen LogP contribution in [0.25, 0.3) is 0 Å². The molecule has 1 aromatic heterocycles. The summed E-state index contributed by atoms with van der Waals surface area (Å²) in [5.74, 6) is -2.27. The summed E-state index contributed by atoms with van der Waals surface area (Å²) in [5, 5.41) is 8.55. The van der Waals surface area contributed by atoms with Gasteiger partial charge in [0.2, 0.25) is 0 Å². The van der Waals surface area contributed by atoms with Crippen LogP contribution < -0.4 is 5.73 Å². The Kier molecular flexibility index (Phi) is 3.51. The van der Waals surface area contributed by atoms with Crippen molar-refractivity contribution in [3.05, 3.63) is 42.0 Å². The molecule has 0 radical (unpaired) electrons.